The zero-order valence-corrected chi connectivity index (χ0v) is 35.4. The third kappa shape index (κ3) is 11.7. The number of benzene rings is 6. The van der Waals surface area contributed by atoms with Crippen molar-refractivity contribution in [1.29, 1.82) is 0 Å². The molecule has 0 aliphatic heterocycles. The van der Waals surface area contributed by atoms with Gasteiger partial charge in [-0.15, -0.1) is 12.4 Å². The summed E-state index contributed by atoms with van der Waals surface area (Å²) in [5, 5.41) is 22.5. The number of esters is 2. The molecule has 0 bridgehead atoms. The summed E-state index contributed by atoms with van der Waals surface area (Å²) in [5.74, 6) is -1.10. The minimum Gasteiger partial charge on any atom is -0.468 e. The van der Waals surface area contributed by atoms with E-state index in [-0.39, 0.29) is 16.7 Å². The van der Waals surface area contributed by atoms with Gasteiger partial charge in [-0.2, -0.15) is 0 Å². The van der Waals surface area contributed by atoms with Gasteiger partial charge in [0.15, 0.2) is 0 Å². The molecule has 0 fully saturated rings. The predicted molar refractivity (Wildman–Crippen MR) is 237 cm³/mol. The highest BCUT2D eigenvalue weighted by atomic mass is 79.9. The average molecular weight is 868 g/mol. The van der Waals surface area contributed by atoms with Gasteiger partial charge in [-0.05, 0) is 47.2 Å². The van der Waals surface area contributed by atoms with Gasteiger partial charge in [0.25, 0.3) is 0 Å². The molecule has 0 aromatic heterocycles. The number of halogens is 2. The molecule has 0 radical (unpaired) electrons. The van der Waals surface area contributed by atoms with E-state index in [4.69, 9.17) is 15.6 Å². The fraction of sp³-hybridized carbons (Fsp3) is 0.208. The summed E-state index contributed by atoms with van der Waals surface area (Å²) >= 11 is 4.01. The molecule has 0 unspecified atom stereocenters. The second-order valence-electron chi connectivity index (χ2n) is 13.3. The normalized spacial score (nSPS) is 13.0. The Hall–Kier alpha value is -5.13. The Morgan fingerprint density at radius 3 is 0.983 bits per heavy atom. The number of ether oxygens (including phenoxy) is 2. The number of aliphatic hydroxyl groups is 2. The lowest BCUT2D eigenvalue weighted by Crippen LogP contribution is -2.56. The van der Waals surface area contributed by atoms with Gasteiger partial charge in [-0.25, -0.2) is 0 Å². The second kappa shape index (κ2) is 23.3. The van der Waals surface area contributed by atoms with Crippen LogP contribution in [-0.2, 0) is 28.9 Å². The number of hydrogen-bond acceptors (Lipinski definition) is 8. The summed E-state index contributed by atoms with van der Waals surface area (Å²) in [6.45, 7) is 3.02. The number of rotatable bonds is 12. The van der Waals surface area contributed by atoms with E-state index in [1.54, 1.807) is 6.92 Å². The Morgan fingerprint density at radius 1 is 0.517 bits per heavy atom. The number of alkyl halides is 1. The molecular formula is C48H52BrClN2O6. The maximum absolute atomic E-state index is 12.5. The molecule has 0 spiro atoms. The Balaban J connectivity index is 0.000000261. The lowest BCUT2D eigenvalue weighted by molar-refractivity contribution is -0.146. The van der Waals surface area contributed by atoms with Crippen molar-refractivity contribution in [1.82, 2.24) is 5.32 Å². The highest BCUT2D eigenvalue weighted by molar-refractivity contribution is 9.10. The summed E-state index contributed by atoms with van der Waals surface area (Å²) in [5.41, 5.74) is 10.9. The van der Waals surface area contributed by atoms with Crippen molar-refractivity contribution in [3.8, 4) is 0 Å². The van der Waals surface area contributed by atoms with Crippen molar-refractivity contribution < 1.29 is 29.3 Å². The quantitative estimate of drug-likeness (QED) is 0.0551. The van der Waals surface area contributed by atoms with Crippen LogP contribution in [0.3, 0.4) is 0 Å². The Kier molecular flexibility index (Phi) is 19.0. The lowest BCUT2D eigenvalue weighted by atomic mass is 9.76. The van der Waals surface area contributed by atoms with Crippen molar-refractivity contribution in [2.24, 2.45) is 5.73 Å². The van der Waals surface area contributed by atoms with Crippen LogP contribution in [0, 0.1) is 0 Å². The van der Waals surface area contributed by atoms with Gasteiger partial charge in [0, 0.05) is 0 Å². The van der Waals surface area contributed by atoms with Gasteiger partial charge in [0.05, 0.1) is 32.0 Å². The molecule has 6 rings (SSSR count). The Bertz CT molecular complexity index is 1870. The van der Waals surface area contributed by atoms with Gasteiger partial charge in [0.1, 0.15) is 16.4 Å². The molecule has 10 heteroatoms. The van der Waals surface area contributed by atoms with Gasteiger partial charge < -0.3 is 25.4 Å². The predicted octanol–water partition coefficient (Wildman–Crippen LogP) is 8.15. The first-order valence-electron chi connectivity index (χ1n) is 18.6. The minimum absolute atomic E-state index is 0. The van der Waals surface area contributed by atoms with Gasteiger partial charge >= 0.3 is 11.9 Å². The summed E-state index contributed by atoms with van der Waals surface area (Å²) in [7, 11) is 2.55. The van der Waals surface area contributed by atoms with Crippen molar-refractivity contribution in [2.45, 2.75) is 48.0 Å². The molecule has 0 saturated carbocycles. The van der Waals surface area contributed by atoms with E-state index in [1.807, 2.05) is 109 Å². The smallest absolute Gasteiger partial charge is 0.325 e. The first-order chi connectivity index (χ1) is 27.5. The van der Waals surface area contributed by atoms with E-state index >= 15 is 0 Å². The number of carbonyl (C=O) groups is 2. The molecule has 0 aliphatic carbocycles. The van der Waals surface area contributed by atoms with Crippen molar-refractivity contribution in [2.75, 3.05) is 14.2 Å². The van der Waals surface area contributed by atoms with Crippen LogP contribution in [0.15, 0.2) is 182 Å². The highest BCUT2D eigenvalue weighted by Gasteiger charge is 2.41. The minimum atomic E-state index is -0.942. The second-order valence-corrected chi connectivity index (χ2v) is 14.5. The van der Waals surface area contributed by atoms with Crippen LogP contribution in [0.2, 0.25) is 0 Å². The number of nitrogens with one attached hydrogen (secondary N) is 1. The molecule has 304 valence electrons. The van der Waals surface area contributed by atoms with E-state index in [1.165, 1.54) is 37.8 Å². The molecule has 5 N–H and O–H groups in total. The molecular weight excluding hydrogens is 816 g/mol. The van der Waals surface area contributed by atoms with E-state index in [0.29, 0.717) is 0 Å². The monoisotopic (exact) mass is 866 g/mol. The zero-order valence-electron chi connectivity index (χ0n) is 33.0. The summed E-state index contributed by atoms with van der Waals surface area (Å²) in [6, 6.07) is 59.5. The molecule has 0 saturated heterocycles. The first-order valence-corrected chi connectivity index (χ1v) is 19.4. The maximum atomic E-state index is 12.5. The molecule has 58 heavy (non-hydrogen) atoms. The molecule has 6 aromatic rings. The van der Waals surface area contributed by atoms with Gasteiger partial charge in [-0.3, -0.25) is 14.9 Å². The third-order valence-corrected chi connectivity index (χ3v) is 10.8. The Labute approximate surface area is 356 Å². The van der Waals surface area contributed by atoms with Crippen molar-refractivity contribution in [3.05, 3.63) is 215 Å². The largest absolute Gasteiger partial charge is 0.468 e. The van der Waals surface area contributed by atoms with Crippen LogP contribution in [0.1, 0.15) is 47.2 Å². The molecule has 4 atom stereocenters. The lowest BCUT2D eigenvalue weighted by Gasteiger charge is -2.40. The third-order valence-electron chi connectivity index (χ3n) is 9.44. The summed E-state index contributed by atoms with van der Waals surface area (Å²) in [4.78, 5) is 22.9. The summed E-state index contributed by atoms with van der Waals surface area (Å²) < 4.78 is 8.91. The average Bonchev–Trinajstić information content (AvgIpc) is 3.28. The molecule has 0 aliphatic rings. The molecule has 6 aromatic carbocycles. The standard InChI is InChI=1S/C24H25NO3.C19H15Br.C5H11NO3.ClH/c1-18(26)22(23(27)28-2)25-24(19-12-6-3-7-13-19,20-14-8-4-9-15-20)21-16-10-5-11-17-21;20-19(16-10-4-1-5-11-16,17-12-6-2-7-13-17)18-14-8-3-9-15-18;1-3(7)4(6)5(8)9-2;/h3-18,22,25-26H,1-2H3;1-15H;3-4,7H,6H2,1-2H3;1H/t18-,22-;;3-,4-;/m0.0./s1. The van der Waals surface area contributed by atoms with Crippen molar-refractivity contribution in [3.63, 3.8) is 0 Å². The molecule has 8 nitrogen and oxygen atoms in total. The number of carbonyl (C=O) groups excluding carboxylic acids is 2. The van der Waals surface area contributed by atoms with E-state index in [2.05, 4.69) is 98.8 Å². The van der Waals surface area contributed by atoms with Gasteiger partial charge in [-0.1, -0.05) is 198 Å². The fourth-order valence-corrected chi connectivity index (χ4v) is 7.18. The van der Waals surface area contributed by atoms with Crippen LogP contribution < -0.4 is 11.1 Å². The van der Waals surface area contributed by atoms with Crippen LogP contribution in [0.4, 0.5) is 0 Å². The Morgan fingerprint density at radius 2 is 0.776 bits per heavy atom. The number of hydrogen-bond donors (Lipinski definition) is 4. The SMILES string of the molecule is BrC(c1ccccc1)(c1ccccc1)c1ccccc1.COC(=O)[C@@H](N)[C@H](C)O.COC(=O)[C@@H](NC(c1ccccc1)(c1ccccc1)c1ccccc1)[C@H](C)O.Cl. The first kappa shape index (κ1) is 47.2. The highest BCUT2D eigenvalue weighted by Crippen LogP contribution is 2.44. The molecule has 0 amide bonds. The van der Waals surface area contributed by atoms with Crippen LogP contribution in [0.25, 0.3) is 0 Å². The number of methoxy groups -OCH3 is 2. The summed E-state index contributed by atoms with van der Waals surface area (Å²) in [6.07, 6.45) is -1.79. The zero-order chi connectivity index (χ0) is 41.3. The number of aliphatic hydroxyl groups excluding tert-OH is 2. The fourth-order valence-electron chi connectivity index (χ4n) is 6.39. The van der Waals surface area contributed by atoms with Gasteiger partial charge in [0.2, 0.25) is 0 Å². The van der Waals surface area contributed by atoms with E-state index in [0.717, 1.165) is 16.7 Å². The number of nitrogens with two attached hydrogens (primary N) is 1. The van der Waals surface area contributed by atoms with E-state index < -0.39 is 41.8 Å². The van der Waals surface area contributed by atoms with Crippen LogP contribution >= 0.6 is 28.3 Å². The van der Waals surface area contributed by atoms with Crippen LogP contribution in [-0.4, -0.2) is 60.7 Å². The van der Waals surface area contributed by atoms with Crippen molar-refractivity contribution >= 4 is 40.3 Å². The maximum Gasteiger partial charge on any atom is 0.325 e. The van der Waals surface area contributed by atoms with Crippen LogP contribution in [0.5, 0.6) is 0 Å². The molecule has 0 heterocycles. The van der Waals surface area contributed by atoms with E-state index in [9.17, 15) is 14.7 Å². The topological polar surface area (TPSA) is 131 Å².